The standard InChI is InChI=1S/C8H15N/c1-5-6-8(4)9-7(2)3/h4-6H2,1-3H3. The molecular formula is C8H15N. The van der Waals surface area contributed by atoms with Crippen LogP contribution in [0, 0.1) is 0 Å². The monoisotopic (exact) mass is 125 g/mol. The van der Waals surface area contributed by atoms with Crippen molar-refractivity contribution in [3.8, 4) is 0 Å². The van der Waals surface area contributed by atoms with Crippen molar-refractivity contribution < 1.29 is 0 Å². The minimum Gasteiger partial charge on any atom is -0.263 e. The summed E-state index contributed by atoms with van der Waals surface area (Å²) in [4.78, 5) is 4.19. The molecule has 1 heteroatoms. The van der Waals surface area contributed by atoms with Crippen molar-refractivity contribution in [1.82, 2.24) is 0 Å². The summed E-state index contributed by atoms with van der Waals surface area (Å²) in [5.74, 6) is 0. The summed E-state index contributed by atoms with van der Waals surface area (Å²) in [6.07, 6.45) is 2.15. The Labute approximate surface area is 57.5 Å². The Morgan fingerprint density at radius 2 is 2.00 bits per heavy atom. The molecule has 9 heavy (non-hydrogen) atoms. The molecule has 0 radical (unpaired) electrons. The number of aliphatic imine (C=N–C) groups is 1. The van der Waals surface area contributed by atoms with E-state index in [4.69, 9.17) is 0 Å². The maximum Gasteiger partial charge on any atom is 0.0330 e. The largest absolute Gasteiger partial charge is 0.263 e. The van der Waals surface area contributed by atoms with Crippen molar-refractivity contribution in [1.29, 1.82) is 0 Å². The normalized spacial score (nSPS) is 8.78. The van der Waals surface area contributed by atoms with Gasteiger partial charge in [-0.2, -0.15) is 0 Å². The summed E-state index contributed by atoms with van der Waals surface area (Å²) >= 11 is 0. The third kappa shape index (κ3) is 5.28. The SMILES string of the molecule is C=C(CCC)N=C(C)C. The van der Waals surface area contributed by atoms with Crippen molar-refractivity contribution >= 4 is 5.71 Å². The van der Waals surface area contributed by atoms with Crippen LogP contribution < -0.4 is 0 Å². The predicted molar refractivity (Wildman–Crippen MR) is 42.8 cm³/mol. The van der Waals surface area contributed by atoms with E-state index < -0.39 is 0 Å². The van der Waals surface area contributed by atoms with Crippen molar-refractivity contribution in [3.63, 3.8) is 0 Å². The first-order valence-corrected chi connectivity index (χ1v) is 3.36. The van der Waals surface area contributed by atoms with E-state index in [9.17, 15) is 0 Å². The molecule has 0 amide bonds. The molecule has 0 fully saturated rings. The van der Waals surface area contributed by atoms with Crippen LogP contribution in [0.3, 0.4) is 0 Å². The number of rotatable bonds is 3. The van der Waals surface area contributed by atoms with E-state index in [-0.39, 0.29) is 0 Å². The van der Waals surface area contributed by atoms with Crippen LogP contribution in [-0.2, 0) is 0 Å². The molecule has 0 spiro atoms. The fraction of sp³-hybridized carbons (Fsp3) is 0.625. The van der Waals surface area contributed by atoms with E-state index in [0.717, 1.165) is 24.3 Å². The minimum absolute atomic E-state index is 0.998. The molecule has 0 aromatic heterocycles. The molecule has 0 rings (SSSR count). The van der Waals surface area contributed by atoms with Gasteiger partial charge in [-0.25, -0.2) is 0 Å². The Bertz CT molecular complexity index is 119. The first-order chi connectivity index (χ1) is 4.16. The van der Waals surface area contributed by atoms with Gasteiger partial charge >= 0.3 is 0 Å². The van der Waals surface area contributed by atoms with Gasteiger partial charge in [0.05, 0.1) is 0 Å². The molecule has 52 valence electrons. The Kier molecular flexibility index (Phi) is 4.02. The highest BCUT2D eigenvalue weighted by Gasteiger charge is 1.86. The molecular weight excluding hydrogens is 110 g/mol. The van der Waals surface area contributed by atoms with Gasteiger partial charge in [-0.15, -0.1) is 0 Å². The summed E-state index contributed by atoms with van der Waals surface area (Å²) in [6.45, 7) is 9.90. The van der Waals surface area contributed by atoms with Gasteiger partial charge in [0.2, 0.25) is 0 Å². The van der Waals surface area contributed by atoms with E-state index in [0.29, 0.717) is 0 Å². The third-order valence-corrected chi connectivity index (χ3v) is 0.920. The van der Waals surface area contributed by atoms with Gasteiger partial charge < -0.3 is 0 Å². The zero-order chi connectivity index (χ0) is 7.28. The van der Waals surface area contributed by atoms with E-state index in [1.54, 1.807) is 0 Å². The number of allylic oxidation sites excluding steroid dienone is 1. The van der Waals surface area contributed by atoms with Crippen LogP contribution in [0.25, 0.3) is 0 Å². The van der Waals surface area contributed by atoms with Crippen molar-refractivity contribution in [3.05, 3.63) is 12.3 Å². The zero-order valence-corrected chi connectivity index (χ0v) is 6.57. The summed E-state index contributed by atoms with van der Waals surface area (Å²) < 4.78 is 0. The lowest BCUT2D eigenvalue weighted by Crippen LogP contribution is -1.82. The van der Waals surface area contributed by atoms with Crippen molar-refractivity contribution in [2.24, 2.45) is 4.99 Å². The Balaban J connectivity index is 3.63. The van der Waals surface area contributed by atoms with Crippen LogP contribution in [-0.4, -0.2) is 5.71 Å². The summed E-state index contributed by atoms with van der Waals surface area (Å²) in [7, 11) is 0. The molecule has 0 aliphatic rings. The number of nitrogens with zero attached hydrogens (tertiary/aromatic N) is 1. The first-order valence-electron chi connectivity index (χ1n) is 3.36. The van der Waals surface area contributed by atoms with Gasteiger partial charge in [-0.05, 0) is 20.3 Å². The van der Waals surface area contributed by atoms with Gasteiger partial charge in [0.15, 0.2) is 0 Å². The average molecular weight is 125 g/mol. The molecule has 0 aliphatic carbocycles. The van der Waals surface area contributed by atoms with Gasteiger partial charge in [0.1, 0.15) is 0 Å². The van der Waals surface area contributed by atoms with Crippen molar-refractivity contribution in [2.45, 2.75) is 33.6 Å². The zero-order valence-electron chi connectivity index (χ0n) is 6.57. The van der Waals surface area contributed by atoms with Gasteiger partial charge in [-0.3, -0.25) is 4.99 Å². The Hall–Kier alpha value is -0.590. The van der Waals surface area contributed by atoms with Crippen LogP contribution in [0.4, 0.5) is 0 Å². The fourth-order valence-corrected chi connectivity index (χ4v) is 0.661. The lowest BCUT2D eigenvalue weighted by Gasteiger charge is -1.94. The quantitative estimate of drug-likeness (QED) is 0.514. The molecule has 0 aromatic carbocycles. The maximum absolute atomic E-state index is 4.19. The van der Waals surface area contributed by atoms with Crippen LogP contribution in [0.1, 0.15) is 33.6 Å². The third-order valence-electron chi connectivity index (χ3n) is 0.920. The summed E-state index contributed by atoms with van der Waals surface area (Å²) in [5, 5.41) is 0. The highest BCUT2D eigenvalue weighted by Crippen LogP contribution is 2.02. The molecule has 0 bridgehead atoms. The summed E-state index contributed by atoms with van der Waals surface area (Å²) in [5.41, 5.74) is 2.09. The second kappa shape index (κ2) is 4.30. The van der Waals surface area contributed by atoms with E-state index in [1.165, 1.54) is 0 Å². The van der Waals surface area contributed by atoms with Crippen LogP contribution in [0.5, 0.6) is 0 Å². The molecule has 0 aromatic rings. The molecule has 0 saturated heterocycles. The summed E-state index contributed by atoms with van der Waals surface area (Å²) in [6, 6.07) is 0. The van der Waals surface area contributed by atoms with E-state index >= 15 is 0 Å². The highest BCUT2D eigenvalue weighted by molar-refractivity contribution is 5.80. The van der Waals surface area contributed by atoms with Crippen LogP contribution >= 0.6 is 0 Å². The molecule has 0 unspecified atom stereocenters. The topological polar surface area (TPSA) is 12.4 Å². The predicted octanol–water partition coefficient (Wildman–Crippen LogP) is 2.78. The van der Waals surface area contributed by atoms with Gasteiger partial charge in [0, 0.05) is 11.4 Å². The maximum atomic E-state index is 4.19. The number of hydrogen-bond donors (Lipinski definition) is 0. The molecule has 0 atom stereocenters. The lowest BCUT2D eigenvalue weighted by atomic mass is 10.3. The first kappa shape index (κ1) is 8.41. The van der Waals surface area contributed by atoms with Crippen LogP contribution in [0.2, 0.25) is 0 Å². The molecule has 1 nitrogen and oxygen atoms in total. The van der Waals surface area contributed by atoms with E-state index in [1.807, 2.05) is 13.8 Å². The molecule has 0 heterocycles. The van der Waals surface area contributed by atoms with E-state index in [2.05, 4.69) is 18.5 Å². The second-order valence-electron chi connectivity index (χ2n) is 2.38. The molecule has 0 saturated carbocycles. The Morgan fingerprint density at radius 3 is 2.33 bits per heavy atom. The van der Waals surface area contributed by atoms with Gasteiger partial charge in [0.25, 0.3) is 0 Å². The smallest absolute Gasteiger partial charge is 0.0330 e. The lowest BCUT2D eigenvalue weighted by molar-refractivity contribution is 0.897. The highest BCUT2D eigenvalue weighted by atomic mass is 14.7. The van der Waals surface area contributed by atoms with Crippen molar-refractivity contribution in [2.75, 3.05) is 0 Å². The van der Waals surface area contributed by atoms with Crippen LogP contribution in [0.15, 0.2) is 17.3 Å². The van der Waals surface area contributed by atoms with Gasteiger partial charge in [-0.1, -0.05) is 19.9 Å². The molecule has 0 N–H and O–H groups in total. The Morgan fingerprint density at radius 1 is 1.44 bits per heavy atom. The minimum atomic E-state index is 0.998. The number of hydrogen-bond acceptors (Lipinski definition) is 1. The fourth-order valence-electron chi connectivity index (χ4n) is 0.661. The second-order valence-corrected chi connectivity index (χ2v) is 2.38. The average Bonchev–Trinajstić information content (AvgIpc) is 1.63. The molecule has 0 aliphatic heterocycles.